The molecule has 10 heteroatoms. The van der Waals surface area contributed by atoms with Gasteiger partial charge in [-0.2, -0.15) is 0 Å². The fourth-order valence-corrected chi connectivity index (χ4v) is 3.21. The predicted octanol–water partition coefficient (Wildman–Crippen LogP) is 3.12. The maximum atomic E-state index is 13.8. The normalized spacial score (nSPS) is 15.9. The Morgan fingerprint density at radius 3 is 2.23 bits per heavy atom. The number of carbonyl (C=O) groups is 2. The van der Waals surface area contributed by atoms with E-state index in [4.69, 9.17) is 14.2 Å². The highest BCUT2D eigenvalue weighted by Gasteiger charge is 2.36. The van der Waals surface area contributed by atoms with E-state index in [-0.39, 0.29) is 18.9 Å². The zero-order valence-corrected chi connectivity index (χ0v) is 16.4. The summed E-state index contributed by atoms with van der Waals surface area (Å²) in [6, 6.07) is 4.75. The summed E-state index contributed by atoms with van der Waals surface area (Å²) in [5.41, 5.74) is -0.0820. The van der Waals surface area contributed by atoms with Crippen LogP contribution in [0, 0.1) is 23.4 Å². The van der Waals surface area contributed by atoms with Gasteiger partial charge in [-0.25, -0.2) is 13.2 Å². The van der Waals surface area contributed by atoms with Crippen molar-refractivity contribution in [3.8, 4) is 17.2 Å². The van der Waals surface area contributed by atoms with Crippen molar-refractivity contribution in [1.29, 1.82) is 0 Å². The maximum absolute atomic E-state index is 13.8. The quantitative estimate of drug-likeness (QED) is 0.722. The number of amides is 2. The van der Waals surface area contributed by atoms with Gasteiger partial charge < -0.3 is 24.4 Å². The van der Waals surface area contributed by atoms with Gasteiger partial charge in [0.05, 0.1) is 38.6 Å². The molecule has 0 unspecified atom stereocenters. The third-order valence-electron chi connectivity index (χ3n) is 4.75. The van der Waals surface area contributed by atoms with Crippen LogP contribution < -0.4 is 24.4 Å². The first kappa shape index (κ1) is 21.3. The largest absolute Gasteiger partial charge is 0.493 e. The highest BCUT2D eigenvalue weighted by atomic mass is 19.2. The average molecular weight is 424 g/mol. The molecule has 0 aliphatic carbocycles. The predicted molar refractivity (Wildman–Crippen MR) is 102 cm³/mol. The minimum absolute atomic E-state index is 0.00536. The molecule has 1 aliphatic rings. The van der Waals surface area contributed by atoms with Crippen molar-refractivity contribution in [2.75, 3.05) is 38.1 Å². The van der Waals surface area contributed by atoms with E-state index in [1.165, 1.54) is 26.2 Å². The molecule has 2 amide bonds. The van der Waals surface area contributed by atoms with Gasteiger partial charge in [-0.1, -0.05) is 0 Å². The molecule has 0 spiro atoms. The lowest BCUT2D eigenvalue weighted by atomic mass is 10.1. The van der Waals surface area contributed by atoms with Gasteiger partial charge in [0.2, 0.25) is 17.6 Å². The highest BCUT2D eigenvalue weighted by Crippen LogP contribution is 2.42. The first-order chi connectivity index (χ1) is 14.3. The molecule has 2 aromatic carbocycles. The average Bonchev–Trinajstić information content (AvgIpc) is 3.14. The zero-order valence-electron chi connectivity index (χ0n) is 16.4. The van der Waals surface area contributed by atoms with Crippen molar-refractivity contribution in [2.45, 2.75) is 6.42 Å². The van der Waals surface area contributed by atoms with E-state index in [0.29, 0.717) is 29.0 Å². The molecule has 0 saturated carbocycles. The van der Waals surface area contributed by atoms with Gasteiger partial charge in [0, 0.05) is 25.1 Å². The number of hydrogen-bond acceptors (Lipinski definition) is 5. The van der Waals surface area contributed by atoms with Gasteiger partial charge in [-0.05, 0) is 12.1 Å². The number of nitrogens with zero attached hydrogens (tertiary/aromatic N) is 1. The molecule has 0 bridgehead atoms. The molecular formula is C20H19F3N2O5. The van der Waals surface area contributed by atoms with E-state index in [0.717, 1.165) is 6.07 Å². The topological polar surface area (TPSA) is 77.1 Å². The lowest BCUT2D eigenvalue weighted by Gasteiger charge is -2.20. The van der Waals surface area contributed by atoms with Crippen LogP contribution in [0.25, 0.3) is 0 Å². The molecule has 1 N–H and O–H groups in total. The summed E-state index contributed by atoms with van der Waals surface area (Å²) in [6.07, 6.45) is -0.145. The third-order valence-corrected chi connectivity index (χ3v) is 4.75. The Balaban J connectivity index is 1.81. The number of halogens is 3. The summed E-state index contributed by atoms with van der Waals surface area (Å²) in [7, 11) is 4.30. The maximum Gasteiger partial charge on any atom is 0.229 e. The minimum Gasteiger partial charge on any atom is -0.493 e. The molecule has 0 aromatic heterocycles. The Morgan fingerprint density at radius 1 is 1.03 bits per heavy atom. The van der Waals surface area contributed by atoms with E-state index in [2.05, 4.69) is 5.32 Å². The molecule has 30 heavy (non-hydrogen) atoms. The fraction of sp³-hybridized carbons (Fsp3) is 0.300. The molecule has 2 aromatic rings. The Morgan fingerprint density at radius 2 is 1.67 bits per heavy atom. The molecule has 0 radical (unpaired) electrons. The SMILES string of the molecule is COc1cc(N2C[C@@H](C(=O)Nc3ccc(F)c(F)c3F)CC2=O)cc(OC)c1OC. The van der Waals surface area contributed by atoms with Crippen LogP contribution in [0.1, 0.15) is 6.42 Å². The number of carbonyl (C=O) groups excluding carboxylic acids is 2. The molecule has 3 rings (SSSR count). The van der Waals surface area contributed by atoms with Crippen LogP contribution in [-0.4, -0.2) is 39.7 Å². The lowest BCUT2D eigenvalue weighted by molar-refractivity contribution is -0.122. The molecule has 160 valence electrons. The van der Waals surface area contributed by atoms with Crippen molar-refractivity contribution in [3.05, 3.63) is 41.7 Å². The van der Waals surface area contributed by atoms with E-state index < -0.39 is 35.0 Å². The van der Waals surface area contributed by atoms with Crippen LogP contribution in [0.5, 0.6) is 17.2 Å². The lowest BCUT2D eigenvalue weighted by Crippen LogP contribution is -2.28. The molecular weight excluding hydrogens is 405 g/mol. The summed E-state index contributed by atoms with van der Waals surface area (Å²) >= 11 is 0. The summed E-state index contributed by atoms with van der Waals surface area (Å²) in [5, 5.41) is 2.21. The fourth-order valence-electron chi connectivity index (χ4n) is 3.21. The minimum atomic E-state index is -1.69. The first-order valence-electron chi connectivity index (χ1n) is 8.85. The monoisotopic (exact) mass is 424 g/mol. The van der Waals surface area contributed by atoms with Crippen LogP contribution in [0.15, 0.2) is 24.3 Å². The van der Waals surface area contributed by atoms with Crippen molar-refractivity contribution >= 4 is 23.2 Å². The van der Waals surface area contributed by atoms with E-state index in [1.54, 1.807) is 12.1 Å². The number of hydrogen-bond donors (Lipinski definition) is 1. The van der Waals surface area contributed by atoms with Crippen LogP contribution >= 0.6 is 0 Å². The summed E-state index contributed by atoms with van der Waals surface area (Å²) in [4.78, 5) is 26.4. The second-order valence-corrected chi connectivity index (χ2v) is 6.50. The standard InChI is InChI=1S/C20H19F3N2O5/c1-28-14-7-11(8-15(29-2)19(14)30-3)25-9-10(6-16(25)26)20(27)24-13-5-4-12(21)17(22)18(13)23/h4-5,7-8,10H,6,9H2,1-3H3,(H,24,27)/t10-/m0/s1. The van der Waals surface area contributed by atoms with Crippen molar-refractivity contribution in [2.24, 2.45) is 5.92 Å². The third kappa shape index (κ3) is 3.85. The molecule has 1 atom stereocenters. The number of nitrogens with one attached hydrogen (secondary N) is 1. The number of ether oxygens (including phenoxy) is 3. The number of rotatable bonds is 6. The van der Waals surface area contributed by atoms with Crippen LogP contribution in [0.4, 0.5) is 24.5 Å². The van der Waals surface area contributed by atoms with Crippen molar-refractivity contribution in [1.82, 2.24) is 0 Å². The smallest absolute Gasteiger partial charge is 0.229 e. The number of anilines is 2. The van der Waals surface area contributed by atoms with Crippen LogP contribution in [-0.2, 0) is 9.59 Å². The summed E-state index contributed by atoms with van der Waals surface area (Å²) in [6.45, 7) is -0.00536. The van der Waals surface area contributed by atoms with E-state index in [1.807, 2.05) is 0 Å². The van der Waals surface area contributed by atoms with Crippen LogP contribution in [0.3, 0.4) is 0 Å². The van der Waals surface area contributed by atoms with Crippen molar-refractivity contribution in [3.63, 3.8) is 0 Å². The Bertz CT molecular complexity index is 974. The molecule has 1 saturated heterocycles. The summed E-state index contributed by atoms with van der Waals surface area (Å²) in [5.74, 6) is -5.42. The highest BCUT2D eigenvalue weighted by molar-refractivity contribution is 6.03. The van der Waals surface area contributed by atoms with Crippen LogP contribution in [0.2, 0.25) is 0 Å². The van der Waals surface area contributed by atoms with Gasteiger partial charge in [0.25, 0.3) is 0 Å². The second kappa shape index (κ2) is 8.52. The Kier molecular flexibility index (Phi) is 6.04. The number of benzene rings is 2. The Hall–Kier alpha value is -3.43. The zero-order chi connectivity index (χ0) is 22.0. The molecule has 7 nitrogen and oxygen atoms in total. The number of methoxy groups -OCH3 is 3. The van der Waals surface area contributed by atoms with Gasteiger partial charge in [0.15, 0.2) is 29.0 Å². The van der Waals surface area contributed by atoms with Gasteiger partial charge in [0.1, 0.15) is 0 Å². The van der Waals surface area contributed by atoms with Gasteiger partial charge in [-0.3, -0.25) is 9.59 Å². The Labute approximate surface area is 170 Å². The van der Waals surface area contributed by atoms with Gasteiger partial charge >= 0.3 is 0 Å². The van der Waals surface area contributed by atoms with E-state index >= 15 is 0 Å². The second-order valence-electron chi connectivity index (χ2n) is 6.50. The van der Waals surface area contributed by atoms with Crippen molar-refractivity contribution < 1.29 is 37.0 Å². The van der Waals surface area contributed by atoms with Gasteiger partial charge in [-0.15, -0.1) is 0 Å². The molecule has 1 heterocycles. The molecule has 1 fully saturated rings. The first-order valence-corrected chi connectivity index (χ1v) is 8.85. The van der Waals surface area contributed by atoms with E-state index in [9.17, 15) is 22.8 Å². The molecule has 1 aliphatic heterocycles. The summed E-state index contributed by atoms with van der Waals surface area (Å²) < 4.78 is 56.0.